The zero-order chi connectivity index (χ0) is 19.9. The molecule has 1 amide bonds. The topological polar surface area (TPSA) is 77.0 Å². The van der Waals surface area contributed by atoms with E-state index in [1.807, 2.05) is 18.0 Å². The van der Waals surface area contributed by atoms with E-state index < -0.39 is 0 Å². The van der Waals surface area contributed by atoms with Crippen molar-refractivity contribution in [3.05, 3.63) is 18.5 Å². The summed E-state index contributed by atoms with van der Waals surface area (Å²) in [5.41, 5.74) is 0. The van der Waals surface area contributed by atoms with E-state index in [9.17, 15) is 4.79 Å². The summed E-state index contributed by atoms with van der Waals surface area (Å²) in [5, 5.41) is 3.38. The maximum Gasteiger partial charge on any atom is 0.225 e. The first-order valence-electron chi connectivity index (χ1n) is 10.3. The highest BCUT2D eigenvalue weighted by atomic mass is 127. The fraction of sp³-hybridized carbons (Fsp3) is 0.700. The summed E-state index contributed by atoms with van der Waals surface area (Å²) >= 11 is 0. The quantitative estimate of drug-likeness (QED) is 0.374. The van der Waals surface area contributed by atoms with Gasteiger partial charge in [-0.05, 0) is 24.3 Å². The Balaban J connectivity index is 0.00000300. The van der Waals surface area contributed by atoms with Gasteiger partial charge in [0.2, 0.25) is 11.9 Å². The van der Waals surface area contributed by atoms with Gasteiger partial charge in [-0.3, -0.25) is 9.79 Å². The van der Waals surface area contributed by atoms with E-state index in [2.05, 4.69) is 43.9 Å². The number of hydrogen-bond acceptors (Lipinski definition) is 5. The fourth-order valence-corrected chi connectivity index (χ4v) is 4.22. The first kappa shape index (κ1) is 23.6. The Bertz CT molecular complexity index is 654. The molecule has 3 heterocycles. The van der Waals surface area contributed by atoms with E-state index in [-0.39, 0.29) is 29.9 Å². The number of nitrogens with zero attached hydrogens (tertiary/aromatic N) is 6. The van der Waals surface area contributed by atoms with Crippen molar-refractivity contribution in [3.8, 4) is 0 Å². The number of rotatable bonds is 4. The molecule has 2 saturated heterocycles. The number of amides is 1. The number of aliphatic imine (C=N–C) groups is 1. The van der Waals surface area contributed by atoms with Crippen LogP contribution in [0.5, 0.6) is 0 Å². The molecule has 8 nitrogen and oxygen atoms in total. The first-order valence-corrected chi connectivity index (χ1v) is 10.3. The van der Waals surface area contributed by atoms with Crippen molar-refractivity contribution in [1.82, 2.24) is 25.1 Å². The lowest BCUT2D eigenvalue weighted by atomic mass is 9.92. The van der Waals surface area contributed by atoms with Gasteiger partial charge in [0, 0.05) is 71.7 Å². The molecule has 2 atom stereocenters. The summed E-state index contributed by atoms with van der Waals surface area (Å²) in [7, 11) is 1.82. The van der Waals surface area contributed by atoms with Gasteiger partial charge in [0.1, 0.15) is 0 Å². The Morgan fingerprint density at radius 3 is 2.31 bits per heavy atom. The van der Waals surface area contributed by atoms with E-state index in [4.69, 9.17) is 0 Å². The van der Waals surface area contributed by atoms with Gasteiger partial charge in [-0.15, -0.1) is 24.0 Å². The lowest BCUT2D eigenvalue weighted by molar-refractivity contribution is -0.131. The van der Waals surface area contributed by atoms with Gasteiger partial charge >= 0.3 is 0 Å². The molecule has 1 aromatic rings. The number of aromatic nitrogens is 2. The largest absolute Gasteiger partial charge is 0.356 e. The molecule has 0 radical (unpaired) electrons. The number of hydrogen-bond donors (Lipinski definition) is 1. The molecule has 0 bridgehead atoms. The molecule has 0 spiro atoms. The summed E-state index contributed by atoms with van der Waals surface area (Å²) in [6.07, 6.45) is 5.26. The van der Waals surface area contributed by atoms with Crippen molar-refractivity contribution in [2.75, 3.05) is 57.8 Å². The molecule has 2 aliphatic rings. The molecule has 29 heavy (non-hydrogen) atoms. The maximum atomic E-state index is 12.6. The zero-order valence-corrected chi connectivity index (χ0v) is 20.1. The van der Waals surface area contributed by atoms with Gasteiger partial charge in [-0.25, -0.2) is 9.97 Å². The number of halogens is 1. The highest BCUT2D eigenvalue weighted by molar-refractivity contribution is 14.0. The summed E-state index contributed by atoms with van der Waals surface area (Å²) < 4.78 is 0. The van der Waals surface area contributed by atoms with Crippen LogP contribution in [-0.2, 0) is 4.79 Å². The number of anilines is 1. The molecule has 162 valence electrons. The summed E-state index contributed by atoms with van der Waals surface area (Å²) in [5.74, 6) is 3.20. The van der Waals surface area contributed by atoms with Crippen LogP contribution in [0.2, 0.25) is 0 Å². The minimum Gasteiger partial charge on any atom is -0.356 e. The van der Waals surface area contributed by atoms with Gasteiger partial charge in [0.05, 0.1) is 0 Å². The Morgan fingerprint density at radius 2 is 1.72 bits per heavy atom. The second kappa shape index (κ2) is 11.5. The van der Waals surface area contributed by atoms with Crippen molar-refractivity contribution >= 4 is 41.8 Å². The minimum atomic E-state index is 0. The lowest BCUT2D eigenvalue weighted by Gasteiger charge is -2.37. The van der Waals surface area contributed by atoms with Crippen LogP contribution in [0.1, 0.15) is 26.7 Å². The molecular weight excluding hydrogens is 481 g/mol. The van der Waals surface area contributed by atoms with E-state index in [0.29, 0.717) is 37.9 Å². The monoisotopic (exact) mass is 515 g/mol. The van der Waals surface area contributed by atoms with Crippen LogP contribution >= 0.6 is 24.0 Å². The Hall–Kier alpha value is -1.65. The van der Waals surface area contributed by atoms with Crippen molar-refractivity contribution in [2.24, 2.45) is 16.8 Å². The normalized spacial score (nSPS) is 22.9. The van der Waals surface area contributed by atoms with Crippen molar-refractivity contribution in [1.29, 1.82) is 0 Å². The molecular formula is C20H34IN7O. The van der Waals surface area contributed by atoms with E-state index in [1.165, 1.54) is 6.42 Å². The molecule has 3 rings (SSSR count). The average molecular weight is 515 g/mol. The number of likely N-dealkylation sites (tertiary alicyclic amines) is 1. The maximum absolute atomic E-state index is 12.6. The van der Waals surface area contributed by atoms with Gasteiger partial charge < -0.3 is 20.0 Å². The zero-order valence-electron chi connectivity index (χ0n) is 17.8. The van der Waals surface area contributed by atoms with Crippen molar-refractivity contribution in [3.63, 3.8) is 0 Å². The Kier molecular flexibility index (Phi) is 9.38. The van der Waals surface area contributed by atoms with Crippen LogP contribution in [0, 0.1) is 11.8 Å². The standard InChI is InChI=1S/C20H33N7O.HI/c1-16-13-17(2)15-27(14-16)19(21-3)24-8-5-18(28)25-9-11-26(12-10-25)20-22-6-4-7-23-20;/h4,6-7,16-17H,5,8-15H2,1-3H3,(H,21,24);1H. The number of guanidine groups is 1. The smallest absolute Gasteiger partial charge is 0.225 e. The predicted octanol–water partition coefficient (Wildman–Crippen LogP) is 1.69. The first-order chi connectivity index (χ1) is 13.6. The van der Waals surface area contributed by atoms with Gasteiger partial charge in [-0.2, -0.15) is 0 Å². The van der Waals surface area contributed by atoms with Gasteiger partial charge in [-0.1, -0.05) is 13.8 Å². The molecule has 1 aromatic heterocycles. The summed E-state index contributed by atoms with van der Waals surface area (Å²) in [4.78, 5) is 32.0. The number of piperidine rings is 1. The van der Waals surface area contributed by atoms with Crippen LogP contribution in [0.4, 0.5) is 5.95 Å². The molecule has 9 heteroatoms. The van der Waals surface area contributed by atoms with Crippen LogP contribution in [0.15, 0.2) is 23.5 Å². The highest BCUT2D eigenvalue weighted by Crippen LogP contribution is 2.20. The molecule has 0 aromatic carbocycles. The third-order valence-electron chi connectivity index (χ3n) is 5.47. The van der Waals surface area contributed by atoms with Crippen LogP contribution in [0.3, 0.4) is 0 Å². The molecule has 2 unspecified atom stereocenters. The average Bonchev–Trinajstić information content (AvgIpc) is 2.71. The Morgan fingerprint density at radius 1 is 1.10 bits per heavy atom. The predicted molar refractivity (Wildman–Crippen MR) is 127 cm³/mol. The number of nitrogens with one attached hydrogen (secondary N) is 1. The second-order valence-electron chi connectivity index (χ2n) is 7.99. The third-order valence-corrected chi connectivity index (χ3v) is 5.47. The van der Waals surface area contributed by atoms with E-state index in [0.717, 1.165) is 38.1 Å². The lowest BCUT2D eigenvalue weighted by Crippen LogP contribution is -2.51. The highest BCUT2D eigenvalue weighted by Gasteiger charge is 2.25. The summed E-state index contributed by atoms with van der Waals surface area (Å²) in [6.45, 7) is 10.2. The molecule has 0 saturated carbocycles. The molecule has 1 N–H and O–H groups in total. The summed E-state index contributed by atoms with van der Waals surface area (Å²) in [6, 6.07) is 1.81. The Labute approximate surface area is 191 Å². The van der Waals surface area contributed by atoms with E-state index in [1.54, 1.807) is 12.4 Å². The van der Waals surface area contributed by atoms with Gasteiger partial charge in [0.15, 0.2) is 5.96 Å². The fourth-order valence-electron chi connectivity index (χ4n) is 4.22. The van der Waals surface area contributed by atoms with Crippen molar-refractivity contribution in [2.45, 2.75) is 26.7 Å². The van der Waals surface area contributed by atoms with Crippen molar-refractivity contribution < 1.29 is 4.79 Å². The number of carbonyl (C=O) groups is 1. The molecule has 2 fully saturated rings. The number of piperazine rings is 1. The van der Waals surface area contributed by atoms with Crippen LogP contribution in [0.25, 0.3) is 0 Å². The van der Waals surface area contributed by atoms with Crippen LogP contribution < -0.4 is 10.2 Å². The van der Waals surface area contributed by atoms with Gasteiger partial charge in [0.25, 0.3) is 0 Å². The molecule has 2 aliphatic heterocycles. The van der Waals surface area contributed by atoms with E-state index >= 15 is 0 Å². The minimum absolute atomic E-state index is 0. The SMILES string of the molecule is CN=C(NCCC(=O)N1CCN(c2ncccn2)CC1)N1CC(C)CC(C)C1.I. The molecule has 0 aliphatic carbocycles. The van der Waals surface area contributed by atoms with Crippen LogP contribution in [-0.4, -0.2) is 84.5 Å². The second-order valence-corrected chi connectivity index (χ2v) is 7.99. The third kappa shape index (κ3) is 6.68. The number of carbonyl (C=O) groups excluding carboxylic acids is 1.